The van der Waals surface area contributed by atoms with Gasteiger partial charge in [0.15, 0.2) is 6.04 Å². The molecule has 0 aromatic rings. The van der Waals surface area contributed by atoms with Crippen LogP contribution in [0.2, 0.25) is 0 Å². The molecule has 3 heteroatoms. The monoisotopic (exact) mass is 145 g/mol. The van der Waals surface area contributed by atoms with Crippen LogP contribution in [0.25, 0.3) is 0 Å². The van der Waals surface area contributed by atoms with Crippen molar-refractivity contribution in [1.82, 2.24) is 5.32 Å². The summed E-state index contributed by atoms with van der Waals surface area (Å²) in [7, 11) is 3.58. The second-order valence-corrected chi connectivity index (χ2v) is 2.38. The van der Waals surface area contributed by atoms with Gasteiger partial charge in [-0.15, -0.1) is 0 Å². The Labute approximate surface area is 62.7 Å². The zero-order valence-electron chi connectivity index (χ0n) is 7.22. The highest BCUT2D eigenvalue weighted by Crippen LogP contribution is 1.85. The van der Waals surface area contributed by atoms with Crippen molar-refractivity contribution >= 4 is 6.21 Å². The van der Waals surface area contributed by atoms with Crippen LogP contribution in [0.5, 0.6) is 0 Å². The molecule has 0 aliphatic heterocycles. The molecular weight excluding hydrogens is 128 g/mol. The molecule has 0 heterocycles. The van der Waals surface area contributed by atoms with Crippen molar-refractivity contribution in [2.24, 2.45) is 0 Å². The second-order valence-electron chi connectivity index (χ2n) is 2.38. The number of nitrogens with one attached hydrogen (secondary N) is 1. The SMILES string of the molecule is CNC/C=[N+](/OC)C(C)C. The van der Waals surface area contributed by atoms with Crippen LogP contribution in [0.4, 0.5) is 0 Å². The Kier molecular flexibility index (Phi) is 4.94. The van der Waals surface area contributed by atoms with Crippen LogP contribution in [0, 0.1) is 0 Å². The first-order chi connectivity index (χ1) is 4.72. The summed E-state index contributed by atoms with van der Waals surface area (Å²) >= 11 is 0. The number of rotatable bonds is 4. The third-order valence-electron chi connectivity index (χ3n) is 1.20. The van der Waals surface area contributed by atoms with Crippen LogP contribution in [0.15, 0.2) is 0 Å². The van der Waals surface area contributed by atoms with E-state index in [1.54, 1.807) is 7.11 Å². The van der Waals surface area contributed by atoms with E-state index in [2.05, 4.69) is 19.2 Å². The summed E-state index contributed by atoms with van der Waals surface area (Å²) in [6, 6.07) is 0.401. The minimum atomic E-state index is 0.401. The van der Waals surface area contributed by atoms with E-state index in [0.29, 0.717) is 6.04 Å². The summed E-state index contributed by atoms with van der Waals surface area (Å²) in [6.07, 6.45) is 1.98. The molecule has 0 unspecified atom stereocenters. The van der Waals surface area contributed by atoms with Crippen LogP contribution in [-0.4, -0.2) is 37.7 Å². The molecule has 0 atom stereocenters. The Morgan fingerprint density at radius 1 is 1.60 bits per heavy atom. The molecule has 0 radical (unpaired) electrons. The van der Waals surface area contributed by atoms with Crippen LogP contribution in [-0.2, 0) is 4.84 Å². The maximum absolute atomic E-state index is 5.05. The van der Waals surface area contributed by atoms with E-state index in [1.165, 1.54) is 0 Å². The van der Waals surface area contributed by atoms with E-state index in [9.17, 15) is 0 Å². The first kappa shape index (κ1) is 9.43. The molecule has 0 bridgehead atoms. The lowest BCUT2D eigenvalue weighted by Gasteiger charge is -2.00. The van der Waals surface area contributed by atoms with E-state index in [1.807, 2.05) is 18.0 Å². The van der Waals surface area contributed by atoms with Gasteiger partial charge in [-0.1, -0.05) is 0 Å². The topological polar surface area (TPSA) is 24.3 Å². The molecule has 0 spiro atoms. The number of hydrogen-bond donors (Lipinski definition) is 1. The fraction of sp³-hybridized carbons (Fsp3) is 0.857. The van der Waals surface area contributed by atoms with Gasteiger partial charge in [-0.3, -0.25) is 4.84 Å². The second kappa shape index (κ2) is 5.23. The first-order valence-corrected chi connectivity index (χ1v) is 3.52. The molecule has 0 saturated heterocycles. The molecule has 0 aliphatic carbocycles. The number of hydrogen-bond acceptors (Lipinski definition) is 2. The molecule has 0 aliphatic rings. The molecule has 0 rings (SSSR count). The maximum atomic E-state index is 5.05. The van der Waals surface area contributed by atoms with Crippen LogP contribution in [0.3, 0.4) is 0 Å². The highest BCUT2D eigenvalue weighted by atomic mass is 16.7. The van der Waals surface area contributed by atoms with Gasteiger partial charge in [0, 0.05) is 13.8 Å². The lowest BCUT2D eigenvalue weighted by molar-refractivity contribution is -0.797. The average molecular weight is 145 g/mol. The van der Waals surface area contributed by atoms with E-state index < -0.39 is 0 Å². The van der Waals surface area contributed by atoms with Crippen molar-refractivity contribution in [3.63, 3.8) is 0 Å². The predicted octanol–water partition coefficient (Wildman–Crippen LogP) is 0.259. The van der Waals surface area contributed by atoms with Gasteiger partial charge in [0.05, 0.1) is 6.54 Å². The Morgan fingerprint density at radius 3 is 2.50 bits per heavy atom. The molecule has 0 amide bonds. The summed E-state index contributed by atoms with van der Waals surface area (Å²) in [5, 5.41) is 3.01. The largest absolute Gasteiger partial charge is 0.311 e. The quantitative estimate of drug-likeness (QED) is 0.348. The molecule has 60 valence electrons. The van der Waals surface area contributed by atoms with Gasteiger partial charge in [0.1, 0.15) is 7.11 Å². The minimum absolute atomic E-state index is 0.401. The predicted molar refractivity (Wildman–Crippen MR) is 42.4 cm³/mol. The Balaban J connectivity index is 3.79. The zero-order valence-corrected chi connectivity index (χ0v) is 7.22. The zero-order chi connectivity index (χ0) is 7.98. The van der Waals surface area contributed by atoms with Gasteiger partial charge >= 0.3 is 0 Å². The van der Waals surface area contributed by atoms with Crippen molar-refractivity contribution in [2.45, 2.75) is 19.9 Å². The van der Waals surface area contributed by atoms with E-state index >= 15 is 0 Å². The van der Waals surface area contributed by atoms with Crippen molar-refractivity contribution in [3.8, 4) is 0 Å². The molecule has 1 N–H and O–H groups in total. The van der Waals surface area contributed by atoms with Crippen LogP contribution >= 0.6 is 0 Å². The minimum Gasteiger partial charge on any atom is -0.311 e. The van der Waals surface area contributed by atoms with Crippen molar-refractivity contribution in [2.75, 3.05) is 20.7 Å². The van der Waals surface area contributed by atoms with Crippen LogP contribution in [0.1, 0.15) is 13.8 Å². The fourth-order valence-corrected chi connectivity index (χ4v) is 0.677. The average Bonchev–Trinajstić information content (AvgIpc) is 1.89. The molecule has 0 fully saturated rings. The highest BCUT2D eigenvalue weighted by molar-refractivity contribution is 5.53. The molecule has 0 aromatic heterocycles. The summed E-state index contributed by atoms with van der Waals surface area (Å²) in [6.45, 7) is 5.00. The number of hydroxylamine groups is 1. The molecule has 0 saturated carbocycles. The standard InChI is InChI=1S/C7H17N2O/c1-7(2)9(10-4)6-5-8-3/h6-8H,5H2,1-4H3/q+1/b9-6+. The first-order valence-electron chi connectivity index (χ1n) is 3.52. The van der Waals surface area contributed by atoms with Gasteiger partial charge in [-0.2, -0.15) is 0 Å². The fourth-order valence-electron chi connectivity index (χ4n) is 0.677. The molecule has 10 heavy (non-hydrogen) atoms. The van der Waals surface area contributed by atoms with Crippen molar-refractivity contribution in [1.29, 1.82) is 0 Å². The van der Waals surface area contributed by atoms with E-state index in [-0.39, 0.29) is 0 Å². The van der Waals surface area contributed by atoms with Gasteiger partial charge in [-0.05, 0) is 11.8 Å². The van der Waals surface area contributed by atoms with E-state index in [0.717, 1.165) is 6.54 Å². The normalized spacial score (nSPS) is 12.3. The Bertz CT molecular complexity index is 110. The maximum Gasteiger partial charge on any atom is 0.206 e. The third kappa shape index (κ3) is 3.45. The molecular formula is C7H17N2O+. The third-order valence-corrected chi connectivity index (χ3v) is 1.20. The molecule has 3 nitrogen and oxygen atoms in total. The Morgan fingerprint density at radius 2 is 2.20 bits per heavy atom. The highest BCUT2D eigenvalue weighted by Gasteiger charge is 2.07. The summed E-state index contributed by atoms with van der Waals surface area (Å²) in [5.74, 6) is 0. The van der Waals surface area contributed by atoms with Crippen molar-refractivity contribution in [3.05, 3.63) is 0 Å². The lowest BCUT2D eigenvalue weighted by atomic mass is 10.4. The molecule has 0 aromatic carbocycles. The smallest absolute Gasteiger partial charge is 0.206 e. The Hall–Kier alpha value is -0.570. The van der Waals surface area contributed by atoms with Gasteiger partial charge in [0.2, 0.25) is 6.21 Å². The summed E-state index contributed by atoms with van der Waals surface area (Å²) in [5.41, 5.74) is 0. The summed E-state index contributed by atoms with van der Waals surface area (Å²) in [4.78, 5) is 5.05. The van der Waals surface area contributed by atoms with E-state index in [4.69, 9.17) is 4.84 Å². The van der Waals surface area contributed by atoms with Crippen LogP contribution < -0.4 is 5.32 Å². The summed E-state index contributed by atoms with van der Waals surface area (Å²) < 4.78 is 1.82. The van der Waals surface area contributed by atoms with Gasteiger partial charge < -0.3 is 5.32 Å². The van der Waals surface area contributed by atoms with Crippen molar-refractivity contribution < 1.29 is 9.58 Å². The van der Waals surface area contributed by atoms with Gasteiger partial charge in [0.25, 0.3) is 0 Å². The van der Waals surface area contributed by atoms with Gasteiger partial charge in [-0.25, -0.2) is 0 Å². The number of nitrogens with zero attached hydrogens (tertiary/aromatic N) is 1. The lowest BCUT2D eigenvalue weighted by Crippen LogP contribution is -2.24.